The van der Waals surface area contributed by atoms with Crippen LogP contribution in [0.1, 0.15) is 39.0 Å². The van der Waals surface area contributed by atoms with Crippen molar-refractivity contribution in [3.8, 4) is 0 Å². The molecular formula is C19H20N2O. The van der Waals surface area contributed by atoms with E-state index in [0.29, 0.717) is 0 Å². The zero-order chi connectivity index (χ0) is 14.9. The van der Waals surface area contributed by atoms with E-state index < -0.39 is 0 Å². The first-order chi connectivity index (χ1) is 10.8. The van der Waals surface area contributed by atoms with Gasteiger partial charge in [-0.25, -0.2) is 0 Å². The highest BCUT2D eigenvalue weighted by Crippen LogP contribution is 2.22. The second-order valence-corrected chi connectivity index (χ2v) is 6.27. The SMILES string of the molecule is O=C(NC1CCc2ccccc2C1)c1ccc2c(c1)CNC2. The third-order valence-electron chi connectivity index (χ3n) is 4.78. The van der Waals surface area contributed by atoms with E-state index in [4.69, 9.17) is 0 Å². The maximum Gasteiger partial charge on any atom is 0.251 e. The molecule has 22 heavy (non-hydrogen) atoms. The lowest BCUT2D eigenvalue weighted by Crippen LogP contribution is -2.38. The van der Waals surface area contributed by atoms with E-state index in [1.807, 2.05) is 12.1 Å². The molecule has 2 aliphatic rings. The molecule has 1 unspecified atom stereocenters. The van der Waals surface area contributed by atoms with E-state index in [1.54, 1.807) is 0 Å². The van der Waals surface area contributed by atoms with E-state index in [1.165, 1.54) is 22.3 Å². The fourth-order valence-electron chi connectivity index (χ4n) is 3.53. The van der Waals surface area contributed by atoms with Crippen molar-refractivity contribution in [3.05, 3.63) is 70.3 Å². The van der Waals surface area contributed by atoms with Gasteiger partial charge in [-0.15, -0.1) is 0 Å². The maximum absolute atomic E-state index is 12.5. The lowest BCUT2D eigenvalue weighted by atomic mass is 9.88. The maximum atomic E-state index is 12.5. The first-order valence-corrected chi connectivity index (χ1v) is 8.00. The van der Waals surface area contributed by atoms with Gasteiger partial charge in [0.2, 0.25) is 0 Å². The van der Waals surface area contributed by atoms with Crippen LogP contribution in [0.2, 0.25) is 0 Å². The number of fused-ring (bicyclic) bond motifs is 2. The molecular weight excluding hydrogens is 272 g/mol. The fourth-order valence-corrected chi connectivity index (χ4v) is 3.53. The van der Waals surface area contributed by atoms with Crippen molar-refractivity contribution in [2.45, 2.75) is 38.4 Å². The molecule has 0 saturated heterocycles. The highest BCUT2D eigenvalue weighted by Gasteiger charge is 2.21. The minimum absolute atomic E-state index is 0.0547. The Bertz CT molecular complexity index is 723. The molecule has 0 fully saturated rings. The molecule has 1 heterocycles. The van der Waals surface area contributed by atoms with Crippen LogP contribution in [0.4, 0.5) is 0 Å². The number of nitrogens with one attached hydrogen (secondary N) is 2. The Morgan fingerprint density at radius 1 is 1.00 bits per heavy atom. The highest BCUT2D eigenvalue weighted by molar-refractivity contribution is 5.94. The second-order valence-electron chi connectivity index (χ2n) is 6.27. The summed E-state index contributed by atoms with van der Waals surface area (Å²) in [6.07, 6.45) is 3.01. The number of amides is 1. The molecule has 0 saturated carbocycles. The van der Waals surface area contributed by atoms with Crippen LogP contribution in [0.3, 0.4) is 0 Å². The highest BCUT2D eigenvalue weighted by atomic mass is 16.1. The summed E-state index contributed by atoms with van der Waals surface area (Å²) in [5.74, 6) is 0.0547. The summed E-state index contributed by atoms with van der Waals surface area (Å²) in [5.41, 5.74) is 6.14. The van der Waals surface area contributed by atoms with Crippen molar-refractivity contribution >= 4 is 5.91 Å². The molecule has 0 aromatic heterocycles. The quantitative estimate of drug-likeness (QED) is 0.893. The van der Waals surface area contributed by atoms with Crippen LogP contribution in [-0.4, -0.2) is 11.9 Å². The Labute approximate surface area is 130 Å². The largest absolute Gasteiger partial charge is 0.349 e. The normalized spacial score (nSPS) is 19.4. The number of rotatable bonds is 2. The van der Waals surface area contributed by atoms with Gasteiger partial charge in [0, 0.05) is 24.7 Å². The van der Waals surface area contributed by atoms with Crippen LogP contribution in [0.5, 0.6) is 0 Å². The topological polar surface area (TPSA) is 41.1 Å². The number of aryl methyl sites for hydroxylation is 1. The third-order valence-corrected chi connectivity index (χ3v) is 4.78. The number of benzene rings is 2. The van der Waals surface area contributed by atoms with E-state index in [2.05, 4.69) is 41.0 Å². The summed E-state index contributed by atoms with van der Waals surface area (Å²) in [6, 6.07) is 14.8. The lowest BCUT2D eigenvalue weighted by molar-refractivity contribution is 0.0933. The lowest BCUT2D eigenvalue weighted by Gasteiger charge is -2.25. The fraction of sp³-hybridized carbons (Fsp3) is 0.316. The molecule has 1 aliphatic heterocycles. The first-order valence-electron chi connectivity index (χ1n) is 8.00. The Kier molecular flexibility index (Phi) is 3.43. The zero-order valence-electron chi connectivity index (χ0n) is 12.6. The molecule has 2 aromatic carbocycles. The van der Waals surface area contributed by atoms with Crippen LogP contribution < -0.4 is 10.6 Å². The molecule has 0 bridgehead atoms. The van der Waals surface area contributed by atoms with E-state index in [9.17, 15) is 4.79 Å². The number of hydrogen-bond acceptors (Lipinski definition) is 2. The van der Waals surface area contributed by atoms with Gasteiger partial charge in [-0.05, 0) is 53.6 Å². The number of carbonyl (C=O) groups excluding carboxylic acids is 1. The van der Waals surface area contributed by atoms with E-state index in [0.717, 1.165) is 37.9 Å². The Balaban J connectivity index is 1.47. The molecule has 1 amide bonds. The molecule has 0 radical (unpaired) electrons. The Hall–Kier alpha value is -2.13. The van der Waals surface area contributed by atoms with Gasteiger partial charge in [-0.3, -0.25) is 4.79 Å². The van der Waals surface area contributed by atoms with Crippen molar-refractivity contribution < 1.29 is 4.79 Å². The monoisotopic (exact) mass is 292 g/mol. The average Bonchev–Trinajstić information content (AvgIpc) is 3.02. The third kappa shape index (κ3) is 2.53. The van der Waals surface area contributed by atoms with Crippen molar-refractivity contribution in [3.63, 3.8) is 0 Å². The summed E-state index contributed by atoms with van der Waals surface area (Å²) in [6.45, 7) is 1.78. The minimum atomic E-state index is 0.0547. The van der Waals surface area contributed by atoms with Crippen molar-refractivity contribution in [2.24, 2.45) is 0 Å². The molecule has 1 aliphatic carbocycles. The Morgan fingerprint density at radius 3 is 2.73 bits per heavy atom. The average molecular weight is 292 g/mol. The molecule has 3 heteroatoms. The number of carbonyl (C=O) groups is 1. The van der Waals surface area contributed by atoms with Crippen LogP contribution in [0.25, 0.3) is 0 Å². The van der Waals surface area contributed by atoms with Gasteiger partial charge in [-0.2, -0.15) is 0 Å². The first kappa shape index (κ1) is 13.5. The smallest absolute Gasteiger partial charge is 0.251 e. The predicted molar refractivity (Wildman–Crippen MR) is 86.7 cm³/mol. The summed E-state index contributed by atoms with van der Waals surface area (Å²) >= 11 is 0. The second kappa shape index (κ2) is 5.58. The Morgan fingerprint density at radius 2 is 1.82 bits per heavy atom. The predicted octanol–water partition coefficient (Wildman–Crippen LogP) is 2.58. The molecule has 2 N–H and O–H groups in total. The van der Waals surface area contributed by atoms with Gasteiger partial charge < -0.3 is 10.6 Å². The molecule has 1 atom stereocenters. The van der Waals surface area contributed by atoms with Gasteiger partial charge in [0.1, 0.15) is 0 Å². The number of hydrogen-bond donors (Lipinski definition) is 2. The van der Waals surface area contributed by atoms with Gasteiger partial charge in [0.05, 0.1) is 0 Å². The van der Waals surface area contributed by atoms with Crippen LogP contribution >= 0.6 is 0 Å². The van der Waals surface area contributed by atoms with Gasteiger partial charge in [0.25, 0.3) is 5.91 Å². The van der Waals surface area contributed by atoms with E-state index >= 15 is 0 Å². The van der Waals surface area contributed by atoms with Crippen molar-refractivity contribution in [1.29, 1.82) is 0 Å². The summed E-state index contributed by atoms with van der Waals surface area (Å²) in [7, 11) is 0. The standard InChI is InChI=1S/C19H20N2O/c22-19(15-5-6-16-11-20-12-17(16)9-15)21-18-8-7-13-3-1-2-4-14(13)10-18/h1-6,9,18,20H,7-8,10-12H2,(H,21,22). The van der Waals surface area contributed by atoms with Crippen LogP contribution in [0, 0.1) is 0 Å². The summed E-state index contributed by atoms with van der Waals surface area (Å²) < 4.78 is 0. The van der Waals surface area contributed by atoms with Gasteiger partial charge in [-0.1, -0.05) is 30.3 Å². The minimum Gasteiger partial charge on any atom is -0.349 e. The molecule has 2 aromatic rings. The van der Waals surface area contributed by atoms with Crippen LogP contribution in [0.15, 0.2) is 42.5 Å². The van der Waals surface area contributed by atoms with Gasteiger partial charge >= 0.3 is 0 Å². The summed E-state index contributed by atoms with van der Waals surface area (Å²) in [4.78, 5) is 12.5. The zero-order valence-corrected chi connectivity index (χ0v) is 12.6. The molecule has 4 rings (SSSR count). The summed E-state index contributed by atoms with van der Waals surface area (Å²) in [5, 5.41) is 6.52. The van der Waals surface area contributed by atoms with Crippen molar-refractivity contribution in [2.75, 3.05) is 0 Å². The molecule has 3 nitrogen and oxygen atoms in total. The molecule has 0 spiro atoms. The molecule has 112 valence electrons. The van der Waals surface area contributed by atoms with Crippen LogP contribution in [-0.2, 0) is 25.9 Å². The van der Waals surface area contributed by atoms with E-state index in [-0.39, 0.29) is 11.9 Å². The van der Waals surface area contributed by atoms with Crippen molar-refractivity contribution in [1.82, 2.24) is 10.6 Å². The van der Waals surface area contributed by atoms with Gasteiger partial charge in [0.15, 0.2) is 0 Å².